The molecule has 5 heteroatoms. The maximum atomic E-state index is 11.6. The van der Waals surface area contributed by atoms with Gasteiger partial charge in [-0.3, -0.25) is 4.79 Å². The largest absolute Gasteiger partial charge is 0.497 e. The SMILES string of the molecule is COc1cc(C)c(N(C)C(=O)CS)c(OC)c1. The van der Waals surface area contributed by atoms with E-state index in [0.717, 1.165) is 11.3 Å². The molecule has 0 saturated heterocycles. The third kappa shape index (κ3) is 2.85. The Morgan fingerprint density at radius 2 is 2.00 bits per heavy atom. The molecule has 0 N–H and O–H groups in total. The van der Waals surface area contributed by atoms with Crippen LogP contribution in [0.1, 0.15) is 5.56 Å². The Balaban J connectivity index is 3.27. The molecule has 1 aromatic carbocycles. The van der Waals surface area contributed by atoms with Crippen LogP contribution in [-0.2, 0) is 4.79 Å². The van der Waals surface area contributed by atoms with Gasteiger partial charge in [-0.1, -0.05) is 0 Å². The molecule has 0 radical (unpaired) electrons. The molecular formula is C12H17NO3S. The molecule has 0 fully saturated rings. The van der Waals surface area contributed by atoms with Gasteiger partial charge in [0.25, 0.3) is 0 Å². The summed E-state index contributed by atoms with van der Waals surface area (Å²) >= 11 is 3.98. The van der Waals surface area contributed by atoms with Gasteiger partial charge < -0.3 is 14.4 Å². The van der Waals surface area contributed by atoms with Crippen LogP contribution in [-0.4, -0.2) is 32.9 Å². The highest BCUT2D eigenvalue weighted by Gasteiger charge is 2.17. The standard InChI is InChI=1S/C12H17NO3S/c1-8-5-9(15-3)6-10(16-4)12(8)13(2)11(14)7-17/h5-6,17H,7H2,1-4H3. The van der Waals surface area contributed by atoms with E-state index in [1.807, 2.05) is 13.0 Å². The zero-order valence-electron chi connectivity index (χ0n) is 10.5. The van der Waals surface area contributed by atoms with Crippen molar-refractivity contribution in [1.82, 2.24) is 0 Å². The summed E-state index contributed by atoms with van der Waals surface area (Å²) in [6.45, 7) is 1.91. The first-order chi connectivity index (χ1) is 8.04. The Bertz CT molecular complexity index is 420. The number of aryl methyl sites for hydroxylation is 1. The Kier molecular flexibility index (Phi) is 4.69. The number of carbonyl (C=O) groups is 1. The van der Waals surface area contributed by atoms with Crippen LogP contribution in [0.4, 0.5) is 5.69 Å². The maximum Gasteiger partial charge on any atom is 0.236 e. The summed E-state index contributed by atoms with van der Waals surface area (Å²) in [5.74, 6) is 1.39. The zero-order chi connectivity index (χ0) is 13.0. The summed E-state index contributed by atoms with van der Waals surface area (Å²) in [5.41, 5.74) is 1.66. The molecule has 0 saturated carbocycles. The molecule has 1 aromatic rings. The molecule has 0 unspecified atom stereocenters. The Hall–Kier alpha value is -1.36. The van der Waals surface area contributed by atoms with Gasteiger partial charge in [-0.2, -0.15) is 12.6 Å². The van der Waals surface area contributed by atoms with E-state index < -0.39 is 0 Å². The summed E-state index contributed by atoms with van der Waals surface area (Å²) in [5, 5.41) is 0. The van der Waals surface area contributed by atoms with Crippen molar-refractivity contribution in [3.8, 4) is 11.5 Å². The molecule has 94 valence electrons. The highest BCUT2D eigenvalue weighted by atomic mass is 32.1. The van der Waals surface area contributed by atoms with Crippen LogP contribution in [0.5, 0.6) is 11.5 Å². The van der Waals surface area contributed by atoms with Crippen molar-refractivity contribution in [2.75, 3.05) is 31.9 Å². The summed E-state index contributed by atoms with van der Waals surface area (Å²) in [6, 6.07) is 3.62. The van der Waals surface area contributed by atoms with E-state index in [-0.39, 0.29) is 11.7 Å². The lowest BCUT2D eigenvalue weighted by Gasteiger charge is -2.22. The fourth-order valence-electron chi connectivity index (χ4n) is 1.65. The topological polar surface area (TPSA) is 38.8 Å². The molecule has 0 aromatic heterocycles. The van der Waals surface area contributed by atoms with Crippen LogP contribution >= 0.6 is 12.6 Å². The average Bonchev–Trinajstić information content (AvgIpc) is 2.35. The zero-order valence-corrected chi connectivity index (χ0v) is 11.4. The van der Waals surface area contributed by atoms with Crippen molar-refractivity contribution in [2.24, 2.45) is 0 Å². The summed E-state index contributed by atoms with van der Waals surface area (Å²) in [4.78, 5) is 13.2. The van der Waals surface area contributed by atoms with Gasteiger partial charge >= 0.3 is 0 Å². The molecular weight excluding hydrogens is 238 g/mol. The number of amides is 1. The van der Waals surface area contributed by atoms with Gasteiger partial charge in [-0.15, -0.1) is 0 Å². The maximum absolute atomic E-state index is 11.6. The number of methoxy groups -OCH3 is 2. The van der Waals surface area contributed by atoms with Crippen molar-refractivity contribution >= 4 is 24.2 Å². The molecule has 0 aliphatic carbocycles. The molecule has 17 heavy (non-hydrogen) atoms. The van der Waals surface area contributed by atoms with Gasteiger partial charge in [0.15, 0.2) is 0 Å². The number of anilines is 1. The minimum atomic E-state index is -0.0834. The van der Waals surface area contributed by atoms with E-state index >= 15 is 0 Å². The first-order valence-corrected chi connectivity index (χ1v) is 5.78. The van der Waals surface area contributed by atoms with Gasteiger partial charge in [0.05, 0.1) is 25.7 Å². The molecule has 4 nitrogen and oxygen atoms in total. The van der Waals surface area contributed by atoms with E-state index in [1.165, 1.54) is 0 Å². The quantitative estimate of drug-likeness (QED) is 0.835. The Labute approximate surface area is 107 Å². The van der Waals surface area contributed by atoms with E-state index in [2.05, 4.69) is 12.6 Å². The highest BCUT2D eigenvalue weighted by Crippen LogP contribution is 2.35. The minimum Gasteiger partial charge on any atom is -0.497 e. The normalized spacial score (nSPS) is 9.94. The van der Waals surface area contributed by atoms with E-state index in [0.29, 0.717) is 11.5 Å². The number of thiol groups is 1. The first kappa shape index (κ1) is 13.7. The average molecular weight is 255 g/mol. The molecule has 0 spiro atoms. The lowest BCUT2D eigenvalue weighted by atomic mass is 10.1. The lowest BCUT2D eigenvalue weighted by molar-refractivity contribution is -0.115. The summed E-state index contributed by atoms with van der Waals surface area (Å²) < 4.78 is 10.4. The van der Waals surface area contributed by atoms with Gasteiger partial charge in [0.1, 0.15) is 11.5 Å². The predicted molar refractivity (Wildman–Crippen MR) is 71.5 cm³/mol. The minimum absolute atomic E-state index is 0.0834. The molecule has 0 heterocycles. The number of hydrogen-bond donors (Lipinski definition) is 1. The number of rotatable bonds is 4. The van der Waals surface area contributed by atoms with Crippen LogP contribution in [0.15, 0.2) is 12.1 Å². The fraction of sp³-hybridized carbons (Fsp3) is 0.417. The van der Waals surface area contributed by atoms with Gasteiger partial charge in [0.2, 0.25) is 5.91 Å². The highest BCUT2D eigenvalue weighted by molar-refractivity contribution is 7.81. The summed E-state index contributed by atoms with van der Waals surface area (Å²) in [6.07, 6.45) is 0. The van der Waals surface area contributed by atoms with Crippen molar-refractivity contribution in [2.45, 2.75) is 6.92 Å². The molecule has 0 aliphatic rings. The molecule has 1 rings (SSSR count). The third-order valence-electron chi connectivity index (χ3n) is 2.54. The number of nitrogens with zero attached hydrogens (tertiary/aromatic N) is 1. The number of ether oxygens (including phenoxy) is 2. The summed E-state index contributed by atoms with van der Waals surface area (Å²) in [7, 11) is 4.86. The molecule has 0 bridgehead atoms. The molecule has 0 aliphatic heterocycles. The van der Waals surface area contributed by atoms with E-state index in [4.69, 9.17) is 9.47 Å². The van der Waals surface area contributed by atoms with E-state index in [1.54, 1.807) is 32.2 Å². The van der Waals surface area contributed by atoms with Crippen LogP contribution in [0, 0.1) is 6.92 Å². The van der Waals surface area contributed by atoms with Crippen LogP contribution in [0.2, 0.25) is 0 Å². The van der Waals surface area contributed by atoms with Crippen LogP contribution < -0.4 is 14.4 Å². The molecule has 1 amide bonds. The second-order valence-electron chi connectivity index (χ2n) is 3.61. The monoisotopic (exact) mass is 255 g/mol. The first-order valence-electron chi connectivity index (χ1n) is 5.15. The van der Waals surface area contributed by atoms with Crippen LogP contribution in [0.3, 0.4) is 0 Å². The van der Waals surface area contributed by atoms with E-state index in [9.17, 15) is 4.79 Å². The third-order valence-corrected chi connectivity index (χ3v) is 2.81. The predicted octanol–water partition coefficient (Wildman–Crippen LogP) is 1.90. The number of hydrogen-bond acceptors (Lipinski definition) is 4. The van der Waals surface area contributed by atoms with Crippen molar-refractivity contribution in [3.63, 3.8) is 0 Å². The van der Waals surface area contributed by atoms with Gasteiger partial charge in [0, 0.05) is 13.1 Å². The van der Waals surface area contributed by atoms with Crippen molar-refractivity contribution in [3.05, 3.63) is 17.7 Å². The number of carbonyl (C=O) groups excluding carboxylic acids is 1. The van der Waals surface area contributed by atoms with Gasteiger partial charge in [-0.25, -0.2) is 0 Å². The van der Waals surface area contributed by atoms with Crippen molar-refractivity contribution < 1.29 is 14.3 Å². The van der Waals surface area contributed by atoms with Crippen molar-refractivity contribution in [1.29, 1.82) is 0 Å². The Morgan fingerprint density at radius 1 is 1.35 bits per heavy atom. The molecule has 0 atom stereocenters. The second-order valence-corrected chi connectivity index (χ2v) is 3.92. The number of benzene rings is 1. The van der Waals surface area contributed by atoms with Gasteiger partial charge in [-0.05, 0) is 18.6 Å². The fourth-order valence-corrected chi connectivity index (χ4v) is 1.86. The smallest absolute Gasteiger partial charge is 0.236 e. The lowest BCUT2D eigenvalue weighted by Crippen LogP contribution is -2.28. The van der Waals surface area contributed by atoms with Crippen LogP contribution in [0.25, 0.3) is 0 Å². The Morgan fingerprint density at radius 3 is 2.47 bits per heavy atom. The second kappa shape index (κ2) is 5.82.